The Kier molecular flexibility index (Phi) is 10.3. The van der Waals surface area contributed by atoms with Crippen LogP contribution in [0.5, 0.6) is 0 Å². The summed E-state index contributed by atoms with van der Waals surface area (Å²) in [7, 11) is -2.26. The van der Waals surface area contributed by atoms with Crippen LogP contribution in [-0.2, 0) is 37.8 Å². The second-order valence-corrected chi connectivity index (χ2v) is 19.3. The Morgan fingerprint density at radius 2 is 1.03 bits per heavy atom. The quantitative estimate of drug-likeness (QED) is 0.290. The highest BCUT2D eigenvalue weighted by Gasteiger charge is 2.54. The van der Waals surface area contributed by atoms with Gasteiger partial charge in [0.05, 0.1) is 22.9 Å². The summed E-state index contributed by atoms with van der Waals surface area (Å²) in [6.45, 7) is 25.5. The Bertz CT molecular complexity index is 825. The van der Waals surface area contributed by atoms with Crippen LogP contribution in [0.4, 0.5) is 0 Å². The van der Waals surface area contributed by atoms with Crippen molar-refractivity contribution in [3.05, 3.63) is 0 Å². The van der Waals surface area contributed by atoms with E-state index in [1.807, 2.05) is 0 Å². The van der Waals surface area contributed by atoms with E-state index in [1.54, 1.807) is 62.3 Å². The van der Waals surface area contributed by atoms with E-state index in [0.29, 0.717) is 0 Å². The summed E-state index contributed by atoms with van der Waals surface area (Å²) in [4.78, 5) is 38.8. The molecule has 0 aromatic rings. The lowest BCUT2D eigenvalue weighted by atomic mass is 9.93. The van der Waals surface area contributed by atoms with Crippen molar-refractivity contribution >= 4 is 26.2 Å². The minimum Gasteiger partial charge on any atom is -0.455 e. The summed E-state index contributed by atoms with van der Waals surface area (Å²) in [5.41, 5.74) is -2.69. The van der Waals surface area contributed by atoms with Crippen LogP contribution in [0, 0.1) is 16.2 Å². The normalized spacial score (nSPS) is 25.9. The summed E-state index contributed by atoms with van der Waals surface area (Å²) in [6, 6.07) is 0. The SMILES string of the molecule is CC(C)(C)C(=O)O[C@@H]1[C@@H](OC(=O)C(C)(C)C)[C@H](O)O[C@H](CO[Si](C)(C)C(C)(C)C)[C@H]1OC(=O)C(C)(C)C. The first-order valence-corrected chi connectivity index (χ1v) is 15.8. The predicted octanol–water partition coefficient (Wildman–Crippen LogP) is 4.60. The minimum atomic E-state index is -2.26. The molecular weight excluding hydrogens is 496 g/mol. The van der Waals surface area contributed by atoms with Crippen LogP contribution >= 0.6 is 0 Å². The molecule has 0 aliphatic carbocycles. The highest BCUT2D eigenvalue weighted by molar-refractivity contribution is 6.74. The van der Waals surface area contributed by atoms with E-state index in [9.17, 15) is 19.5 Å². The monoisotopic (exact) mass is 546 g/mol. The van der Waals surface area contributed by atoms with Gasteiger partial charge < -0.3 is 28.5 Å². The molecule has 10 heteroatoms. The second kappa shape index (κ2) is 11.3. The van der Waals surface area contributed by atoms with E-state index in [-0.39, 0.29) is 11.6 Å². The molecule has 0 amide bonds. The van der Waals surface area contributed by atoms with E-state index in [2.05, 4.69) is 33.9 Å². The molecule has 0 bridgehead atoms. The lowest BCUT2D eigenvalue weighted by Crippen LogP contribution is -2.64. The number of ether oxygens (including phenoxy) is 4. The number of hydrogen-bond acceptors (Lipinski definition) is 9. The molecule has 1 N–H and O–H groups in total. The summed E-state index contributed by atoms with van der Waals surface area (Å²) in [5.74, 6) is -1.80. The first-order valence-electron chi connectivity index (χ1n) is 12.9. The Balaban J connectivity index is 3.54. The third-order valence-corrected chi connectivity index (χ3v) is 11.1. The Morgan fingerprint density at radius 1 is 0.676 bits per heavy atom. The lowest BCUT2D eigenvalue weighted by Gasteiger charge is -2.46. The molecule has 216 valence electrons. The average molecular weight is 547 g/mol. The molecule has 0 spiro atoms. The Hall–Kier alpha value is -1.49. The number of aliphatic hydroxyl groups is 1. The predicted molar refractivity (Wildman–Crippen MR) is 142 cm³/mol. The van der Waals surface area contributed by atoms with Crippen LogP contribution in [0.25, 0.3) is 0 Å². The molecular formula is C27H50O9Si. The van der Waals surface area contributed by atoms with Crippen molar-refractivity contribution in [1.82, 2.24) is 0 Å². The largest absolute Gasteiger partial charge is 0.455 e. The number of carbonyl (C=O) groups is 3. The Morgan fingerprint density at radius 3 is 1.38 bits per heavy atom. The van der Waals surface area contributed by atoms with E-state index >= 15 is 0 Å². The molecule has 0 aromatic heterocycles. The van der Waals surface area contributed by atoms with E-state index in [0.717, 1.165) is 0 Å². The summed E-state index contributed by atoms with van der Waals surface area (Å²) >= 11 is 0. The zero-order valence-corrected chi connectivity index (χ0v) is 26.3. The van der Waals surface area contributed by atoms with Gasteiger partial charge in [-0.1, -0.05) is 20.8 Å². The molecule has 1 heterocycles. The van der Waals surface area contributed by atoms with Crippen molar-refractivity contribution in [2.75, 3.05) is 6.61 Å². The molecule has 1 saturated heterocycles. The van der Waals surface area contributed by atoms with Crippen molar-refractivity contribution in [3.8, 4) is 0 Å². The molecule has 1 aliphatic rings. The fraction of sp³-hybridized carbons (Fsp3) is 0.889. The highest BCUT2D eigenvalue weighted by atomic mass is 28.4. The van der Waals surface area contributed by atoms with Gasteiger partial charge in [-0.05, 0) is 80.4 Å². The maximum Gasteiger partial charge on any atom is 0.311 e. The van der Waals surface area contributed by atoms with Crippen molar-refractivity contribution in [1.29, 1.82) is 0 Å². The van der Waals surface area contributed by atoms with E-state index in [1.165, 1.54) is 0 Å². The topological polar surface area (TPSA) is 118 Å². The molecule has 0 aromatic carbocycles. The highest BCUT2D eigenvalue weighted by Crippen LogP contribution is 2.38. The number of carbonyl (C=O) groups excluding carboxylic acids is 3. The fourth-order valence-corrected chi connectivity index (χ4v) is 3.85. The third-order valence-electron chi connectivity index (χ3n) is 6.59. The van der Waals surface area contributed by atoms with Crippen molar-refractivity contribution in [2.45, 2.75) is 132 Å². The Labute approximate surface area is 224 Å². The first-order chi connectivity index (χ1) is 16.3. The number of hydrogen-bond donors (Lipinski definition) is 1. The molecule has 37 heavy (non-hydrogen) atoms. The van der Waals surface area contributed by atoms with Crippen molar-refractivity contribution in [3.63, 3.8) is 0 Å². The van der Waals surface area contributed by atoms with Crippen molar-refractivity contribution in [2.24, 2.45) is 16.2 Å². The van der Waals surface area contributed by atoms with Gasteiger partial charge in [0.15, 0.2) is 32.9 Å². The van der Waals surface area contributed by atoms with E-state index < -0.39 is 73.2 Å². The van der Waals surface area contributed by atoms with Gasteiger partial charge in [0.2, 0.25) is 0 Å². The first kappa shape index (κ1) is 33.5. The van der Waals surface area contributed by atoms with Crippen molar-refractivity contribution < 1.29 is 42.9 Å². The molecule has 1 aliphatic heterocycles. The van der Waals surface area contributed by atoms with E-state index in [4.69, 9.17) is 23.4 Å². The minimum absolute atomic E-state index is 0.0147. The molecule has 0 radical (unpaired) electrons. The van der Waals surface area contributed by atoms with Gasteiger partial charge in [-0.25, -0.2) is 0 Å². The fourth-order valence-electron chi connectivity index (χ4n) is 2.84. The van der Waals surface area contributed by atoms with Gasteiger partial charge in [0, 0.05) is 0 Å². The summed E-state index contributed by atoms with van der Waals surface area (Å²) < 4.78 is 29.5. The summed E-state index contributed by atoms with van der Waals surface area (Å²) in [5, 5.41) is 10.9. The van der Waals surface area contributed by atoms with Gasteiger partial charge in [0.25, 0.3) is 0 Å². The number of esters is 3. The zero-order valence-electron chi connectivity index (χ0n) is 25.3. The van der Waals surface area contributed by atoms with Gasteiger partial charge in [0.1, 0.15) is 6.10 Å². The molecule has 0 saturated carbocycles. The molecule has 9 nitrogen and oxygen atoms in total. The van der Waals surface area contributed by atoms with Gasteiger partial charge in [-0.15, -0.1) is 0 Å². The van der Waals surface area contributed by atoms with Crippen LogP contribution < -0.4 is 0 Å². The van der Waals surface area contributed by atoms with Crippen LogP contribution in [0.15, 0.2) is 0 Å². The maximum absolute atomic E-state index is 13.0. The molecule has 1 fully saturated rings. The second-order valence-electron chi connectivity index (χ2n) is 14.5. The standard InChI is InChI=1S/C27H50O9Si/c1-24(2,3)21(29)34-17-16(15-32-37(13,14)27(10,11)12)33-20(28)19(36-23(31)26(7,8)9)18(17)35-22(30)25(4,5)6/h16-20,28H,15H2,1-14H3/t16-,17-,18+,19-,20-/m1/s1. The average Bonchev–Trinajstić information content (AvgIpc) is 2.67. The lowest BCUT2D eigenvalue weighted by molar-refractivity contribution is -0.299. The van der Waals surface area contributed by atoms with Crippen LogP contribution in [-0.4, -0.2) is 68.6 Å². The van der Waals surface area contributed by atoms with Gasteiger partial charge in [-0.2, -0.15) is 0 Å². The molecule has 1 rings (SSSR count). The molecule has 0 unspecified atom stereocenters. The summed E-state index contributed by atoms with van der Waals surface area (Å²) in [6.07, 6.45) is -6.54. The maximum atomic E-state index is 13.0. The number of aliphatic hydroxyl groups excluding tert-OH is 1. The zero-order chi connectivity index (χ0) is 29.4. The number of rotatable bonds is 6. The van der Waals surface area contributed by atoms with Gasteiger partial charge >= 0.3 is 17.9 Å². The van der Waals surface area contributed by atoms with Crippen LogP contribution in [0.2, 0.25) is 18.1 Å². The van der Waals surface area contributed by atoms with Crippen LogP contribution in [0.3, 0.4) is 0 Å². The molecule has 5 atom stereocenters. The third kappa shape index (κ3) is 9.04. The van der Waals surface area contributed by atoms with Gasteiger partial charge in [-0.3, -0.25) is 14.4 Å². The smallest absolute Gasteiger partial charge is 0.311 e. The van der Waals surface area contributed by atoms with Crippen LogP contribution in [0.1, 0.15) is 83.1 Å².